The van der Waals surface area contributed by atoms with Gasteiger partial charge in [-0.15, -0.1) is 0 Å². The van der Waals surface area contributed by atoms with Gasteiger partial charge in [-0.2, -0.15) is 0 Å². The molecule has 0 fully saturated rings. The molecule has 2 aromatic rings. The molecule has 0 saturated heterocycles. The third kappa shape index (κ3) is 2.29. The molecule has 0 aliphatic rings. The van der Waals surface area contributed by atoms with Crippen LogP contribution in [0, 0.1) is 29.1 Å². The van der Waals surface area contributed by atoms with Gasteiger partial charge in [0, 0.05) is 12.4 Å². The number of nitrogens with one attached hydrogen (secondary N) is 1. The van der Waals surface area contributed by atoms with Gasteiger partial charge in [-0.3, -0.25) is 9.78 Å². The molecule has 20 heavy (non-hydrogen) atoms. The van der Waals surface area contributed by atoms with Crippen molar-refractivity contribution in [1.29, 1.82) is 0 Å². The van der Waals surface area contributed by atoms with E-state index in [-0.39, 0.29) is 5.69 Å². The van der Waals surface area contributed by atoms with Crippen LogP contribution in [0.3, 0.4) is 0 Å². The Morgan fingerprint density at radius 3 is 1.95 bits per heavy atom. The molecule has 4 nitrogen and oxygen atoms in total. The van der Waals surface area contributed by atoms with E-state index in [2.05, 4.69) is 9.97 Å². The van der Waals surface area contributed by atoms with Crippen LogP contribution in [0.25, 0.3) is 0 Å². The van der Waals surface area contributed by atoms with Crippen molar-refractivity contribution >= 4 is 11.6 Å². The zero-order chi connectivity index (χ0) is 14.9. The number of hydrogen-bond donors (Lipinski definition) is 1. The fourth-order valence-electron chi connectivity index (χ4n) is 1.31. The molecule has 0 unspecified atom stereocenters. The number of halogens is 5. The van der Waals surface area contributed by atoms with E-state index < -0.39 is 40.7 Å². The van der Waals surface area contributed by atoms with Crippen molar-refractivity contribution in [1.82, 2.24) is 9.97 Å². The van der Waals surface area contributed by atoms with E-state index >= 15 is 0 Å². The first-order chi connectivity index (χ1) is 9.43. The minimum Gasteiger partial charge on any atom is -0.315 e. The summed E-state index contributed by atoms with van der Waals surface area (Å²) >= 11 is 0. The maximum Gasteiger partial charge on any atom is 0.276 e. The molecule has 0 spiro atoms. The monoisotopic (exact) mass is 289 g/mol. The molecule has 0 aliphatic heterocycles. The van der Waals surface area contributed by atoms with E-state index in [9.17, 15) is 26.7 Å². The molecule has 1 aromatic carbocycles. The summed E-state index contributed by atoms with van der Waals surface area (Å²) in [5.41, 5.74) is -1.80. The van der Waals surface area contributed by atoms with Crippen LogP contribution in [0.4, 0.5) is 27.6 Å². The van der Waals surface area contributed by atoms with Gasteiger partial charge in [-0.25, -0.2) is 26.9 Å². The summed E-state index contributed by atoms with van der Waals surface area (Å²) in [6.07, 6.45) is 3.31. The molecule has 1 N–H and O–H groups in total. The highest BCUT2D eigenvalue weighted by atomic mass is 19.2. The van der Waals surface area contributed by atoms with Gasteiger partial charge in [0.15, 0.2) is 23.3 Å². The largest absolute Gasteiger partial charge is 0.315 e. The molecule has 1 aromatic heterocycles. The van der Waals surface area contributed by atoms with Crippen LogP contribution in [-0.2, 0) is 0 Å². The Kier molecular flexibility index (Phi) is 3.59. The summed E-state index contributed by atoms with van der Waals surface area (Å²) in [5.74, 6) is -12.1. The van der Waals surface area contributed by atoms with Crippen molar-refractivity contribution in [2.24, 2.45) is 0 Å². The zero-order valence-electron chi connectivity index (χ0n) is 9.42. The first-order valence-electron chi connectivity index (χ1n) is 5.02. The van der Waals surface area contributed by atoms with Crippen molar-refractivity contribution < 1.29 is 26.7 Å². The van der Waals surface area contributed by atoms with Crippen LogP contribution < -0.4 is 5.32 Å². The Morgan fingerprint density at radius 2 is 1.45 bits per heavy atom. The standard InChI is InChI=1S/C11H4F5N3O/c12-5-6(13)8(15)10(9(16)7(5)14)19-11(20)4-3-17-1-2-18-4/h1-3H,(H,19,20). The first-order valence-corrected chi connectivity index (χ1v) is 5.02. The van der Waals surface area contributed by atoms with Crippen molar-refractivity contribution in [3.05, 3.63) is 53.4 Å². The Morgan fingerprint density at radius 1 is 0.900 bits per heavy atom. The van der Waals surface area contributed by atoms with Crippen molar-refractivity contribution in [2.45, 2.75) is 0 Å². The molecule has 0 saturated carbocycles. The summed E-state index contributed by atoms with van der Waals surface area (Å²) < 4.78 is 65.2. The van der Waals surface area contributed by atoms with Gasteiger partial charge in [0.1, 0.15) is 11.4 Å². The Hall–Kier alpha value is -2.58. The SMILES string of the molecule is O=C(Nc1c(F)c(F)c(F)c(F)c1F)c1cnccn1. The van der Waals surface area contributed by atoms with E-state index in [1.807, 2.05) is 0 Å². The van der Waals surface area contributed by atoms with Crippen LogP contribution in [0.2, 0.25) is 0 Å². The van der Waals surface area contributed by atoms with Gasteiger partial charge >= 0.3 is 0 Å². The van der Waals surface area contributed by atoms with E-state index in [0.29, 0.717) is 0 Å². The van der Waals surface area contributed by atoms with Gasteiger partial charge in [-0.1, -0.05) is 0 Å². The predicted molar refractivity (Wildman–Crippen MR) is 56.2 cm³/mol. The van der Waals surface area contributed by atoms with Crippen molar-refractivity contribution in [3.8, 4) is 0 Å². The van der Waals surface area contributed by atoms with Crippen molar-refractivity contribution in [2.75, 3.05) is 5.32 Å². The van der Waals surface area contributed by atoms with Crippen molar-refractivity contribution in [3.63, 3.8) is 0 Å². The molecule has 0 bridgehead atoms. The fourth-order valence-corrected chi connectivity index (χ4v) is 1.31. The maximum atomic E-state index is 13.3. The topological polar surface area (TPSA) is 54.9 Å². The van der Waals surface area contributed by atoms with Crippen LogP contribution in [0.5, 0.6) is 0 Å². The second-order valence-electron chi connectivity index (χ2n) is 3.49. The van der Waals surface area contributed by atoms with Crippen LogP contribution in [0.15, 0.2) is 18.6 Å². The number of hydrogen-bond acceptors (Lipinski definition) is 3. The molecular formula is C11H4F5N3O. The summed E-state index contributed by atoms with van der Waals surface area (Å²) in [6, 6.07) is 0. The molecular weight excluding hydrogens is 285 g/mol. The highest BCUT2D eigenvalue weighted by molar-refractivity contribution is 6.02. The lowest BCUT2D eigenvalue weighted by molar-refractivity contribution is 0.102. The van der Waals surface area contributed by atoms with Crippen LogP contribution in [0.1, 0.15) is 10.5 Å². The van der Waals surface area contributed by atoms with Crippen LogP contribution in [-0.4, -0.2) is 15.9 Å². The normalized spacial score (nSPS) is 10.4. The van der Waals surface area contributed by atoms with Crippen LogP contribution >= 0.6 is 0 Å². The average Bonchev–Trinajstić information content (AvgIpc) is 2.48. The highest BCUT2D eigenvalue weighted by Crippen LogP contribution is 2.27. The smallest absolute Gasteiger partial charge is 0.276 e. The lowest BCUT2D eigenvalue weighted by Gasteiger charge is -2.09. The summed E-state index contributed by atoms with van der Waals surface area (Å²) in [4.78, 5) is 18.6. The maximum absolute atomic E-state index is 13.3. The van der Waals surface area contributed by atoms with Gasteiger partial charge in [0.05, 0.1) is 6.20 Å². The minimum atomic E-state index is -2.31. The number of rotatable bonds is 2. The summed E-state index contributed by atoms with van der Waals surface area (Å²) in [5, 5.41) is 1.57. The fraction of sp³-hybridized carbons (Fsp3) is 0. The van der Waals surface area contributed by atoms with Gasteiger partial charge in [0.25, 0.3) is 5.91 Å². The summed E-state index contributed by atoms with van der Waals surface area (Å²) in [6.45, 7) is 0. The Labute approximate surface area is 108 Å². The second-order valence-corrected chi connectivity index (χ2v) is 3.49. The Balaban J connectivity index is 2.43. The molecule has 0 atom stereocenters. The second kappa shape index (κ2) is 5.19. The molecule has 0 radical (unpaired) electrons. The minimum absolute atomic E-state index is 0.351. The van der Waals surface area contributed by atoms with Gasteiger partial charge in [-0.05, 0) is 0 Å². The summed E-state index contributed by atoms with van der Waals surface area (Å²) in [7, 11) is 0. The number of aromatic nitrogens is 2. The molecule has 9 heteroatoms. The number of amides is 1. The molecule has 2 rings (SSSR count). The lowest BCUT2D eigenvalue weighted by atomic mass is 10.2. The Bertz CT molecular complexity index is 648. The highest BCUT2D eigenvalue weighted by Gasteiger charge is 2.27. The average molecular weight is 289 g/mol. The number of benzene rings is 1. The molecule has 1 heterocycles. The number of carbonyl (C=O) groups excluding carboxylic acids is 1. The third-order valence-corrected chi connectivity index (χ3v) is 2.24. The number of nitrogens with zero attached hydrogens (tertiary/aromatic N) is 2. The predicted octanol–water partition coefficient (Wildman–Crippen LogP) is 2.42. The number of anilines is 1. The van der Waals surface area contributed by atoms with E-state index in [1.54, 1.807) is 5.32 Å². The quantitative estimate of drug-likeness (QED) is 0.525. The molecule has 0 aliphatic carbocycles. The van der Waals surface area contributed by atoms with E-state index in [1.165, 1.54) is 6.20 Å². The van der Waals surface area contributed by atoms with Gasteiger partial charge in [0.2, 0.25) is 5.82 Å². The number of carbonyl (C=O) groups is 1. The zero-order valence-corrected chi connectivity index (χ0v) is 9.42. The van der Waals surface area contributed by atoms with Gasteiger partial charge < -0.3 is 5.32 Å². The first kappa shape index (κ1) is 13.8. The van der Waals surface area contributed by atoms with E-state index in [4.69, 9.17) is 0 Å². The molecule has 104 valence electrons. The lowest BCUT2D eigenvalue weighted by Crippen LogP contribution is -2.18. The third-order valence-electron chi connectivity index (χ3n) is 2.24. The van der Waals surface area contributed by atoms with E-state index in [0.717, 1.165) is 12.4 Å². The molecule has 1 amide bonds.